The Kier molecular flexibility index (Phi) is 12.5. The van der Waals surface area contributed by atoms with Gasteiger partial charge in [-0.3, -0.25) is 9.78 Å². The Morgan fingerprint density at radius 2 is 1.84 bits per heavy atom. The minimum Gasteiger partial charge on any atom is -0.358 e. The molecule has 2 aromatic rings. The van der Waals surface area contributed by atoms with E-state index in [0.29, 0.717) is 19.6 Å². The van der Waals surface area contributed by atoms with Crippen molar-refractivity contribution >= 4 is 36.4 Å². The molecule has 25 heavy (non-hydrogen) atoms. The van der Waals surface area contributed by atoms with Gasteiger partial charge in [0.2, 0.25) is 5.91 Å². The number of likely N-dealkylation sites (N-methyl/N-ethyl adjacent to an activating group) is 1. The van der Waals surface area contributed by atoms with Gasteiger partial charge in [-0.15, -0.1) is 24.8 Å². The van der Waals surface area contributed by atoms with E-state index in [1.165, 1.54) is 0 Å². The molecule has 0 aliphatic heterocycles. The maximum absolute atomic E-state index is 12.2. The molecule has 2 rings (SSSR count). The Bertz CT molecular complexity index is 584. The smallest absolute Gasteiger partial charge is 0.239 e. The van der Waals surface area contributed by atoms with Gasteiger partial charge in [-0.1, -0.05) is 31.2 Å². The number of rotatable bonds is 9. The molecule has 1 aromatic heterocycles. The molecule has 2 N–H and O–H groups in total. The van der Waals surface area contributed by atoms with Crippen molar-refractivity contribution in [1.82, 2.24) is 15.6 Å². The maximum atomic E-state index is 12.2. The molecule has 1 heterocycles. The number of anilines is 1. The molecule has 0 unspecified atom stereocenters. The highest BCUT2D eigenvalue weighted by molar-refractivity contribution is 5.85. The molecular formula is C18H26Cl2N4O. The number of para-hydroxylation sites is 1. The SMILES string of the molecule is CCNCCNC(=O)CN(Cc1cccnc1)c1ccccc1.Cl.Cl. The van der Waals surface area contributed by atoms with E-state index in [0.717, 1.165) is 24.3 Å². The van der Waals surface area contributed by atoms with Crippen LogP contribution in [0.1, 0.15) is 12.5 Å². The highest BCUT2D eigenvalue weighted by Gasteiger charge is 2.12. The zero-order valence-corrected chi connectivity index (χ0v) is 16.0. The van der Waals surface area contributed by atoms with Crippen LogP contribution in [0.25, 0.3) is 0 Å². The lowest BCUT2D eigenvalue weighted by Gasteiger charge is -2.24. The largest absolute Gasteiger partial charge is 0.358 e. The van der Waals surface area contributed by atoms with Crippen molar-refractivity contribution in [1.29, 1.82) is 0 Å². The van der Waals surface area contributed by atoms with Crippen LogP contribution in [0.4, 0.5) is 5.69 Å². The van der Waals surface area contributed by atoms with Crippen molar-refractivity contribution in [3.63, 3.8) is 0 Å². The van der Waals surface area contributed by atoms with Crippen LogP contribution < -0.4 is 15.5 Å². The lowest BCUT2D eigenvalue weighted by atomic mass is 10.2. The van der Waals surface area contributed by atoms with Crippen LogP contribution in [0.3, 0.4) is 0 Å². The second kappa shape index (κ2) is 13.5. The van der Waals surface area contributed by atoms with Gasteiger partial charge in [0.25, 0.3) is 0 Å². The van der Waals surface area contributed by atoms with E-state index in [9.17, 15) is 4.79 Å². The second-order valence-electron chi connectivity index (χ2n) is 5.26. The van der Waals surface area contributed by atoms with Crippen LogP contribution in [0.15, 0.2) is 54.9 Å². The van der Waals surface area contributed by atoms with E-state index >= 15 is 0 Å². The fourth-order valence-electron chi connectivity index (χ4n) is 2.29. The molecular weight excluding hydrogens is 359 g/mol. The normalized spacial score (nSPS) is 9.48. The van der Waals surface area contributed by atoms with Crippen LogP contribution in [0.5, 0.6) is 0 Å². The molecule has 0 fully saturated rings. The quantitative estimate of drug-likeness (QED) is 0.652. The van der Waals surface area contributed by atoms with Crippen LogP contribution in [0, 0.1) is 0 Å². The van der Waals surface area contributed by atoms with E-state index in [1.54, 1.807) is 6.20 Å². The van der Waals surface area contributed by atoms with Crippen molar-refractivity contribution in [2.45, 2.75) is 13.5 Å². The molecule has 0 atom stereocenters. The summed E-state index contributed by atoms with van der Waals surface area (Å²) in [5.41, 5.74) is 2.11. The van der Waals surface area contributed by atoms with Crippen LogP contribution in [0.2, 0.25) is 0 Å². The molecule has 0 bridgehead atoms. The number of carbonyl (C=O) groups is 1. The van der Waals surface area contributed by atoms with E-state index < -0.39 is 0 Å². The average Bonchev–Trinajstić information content (AvgIpc) is 2.60. The highest BCUT2D eigenvalue weighted by Crippen LogP contribution is 2.16. The van der Waals surface area contributed by atoms with E-state index in [4.69, 9.17) is 0 Å². The molecule has 7 heteroatoms. The predicted molar refractivity (Wildman–Crippen MR) is 108 cm³/mol. The number of hydrogen-bond acceptors (Lipinski definition) is 4. The third-order valence-corrected chi connectivity index (χ3v) is 3.43. The maximum Gasteiger partial charge on any atom is 0.239 e. The highest BCUT2D eigenvalue weighted by atomic mass is 35.5. The molecule has 0 radical (unpaired) electrons. The van der Waals surface area contributed by atoms with Gasteiger partial charge in [0.05, 0.1) is 6.54 Å². The van der Waals surface area contributed by atoms with E-state index in [2.05, 4.69) is 20.5 Å². The summed E-state index contributed by atoms with van der Waals surface area (Å²) in [6.07, 6.45) is 3.59. The molecule has 0 saturated heterocycles. The fourth-order valence-corrected chi connectivity index (χ4v) is 2.29. The number of aromatic nitrogens is 1. The number of hydrogen-bond donors (Lipinski definition) is 2. The van der Waals surface area contributed by atoms with Gasteiger partial charge in [0.1, 0.15) is 0 Å². The Morgan fingerprint density at radius 1 is 1.08 bits per heavy atom. The Labute approximate surface area is 162 Å². The number of carbonyl (C=O) groups excluding carboxylic acids is 1. The van der Waals surface area contributed by atoms with Crippen molar-refractivity contribution in [2.24, 2.45) is 0 Å². The fraction of sp³-hybridized carbons (Fsp3) is 0.333. The lowest BCUT2D eigenvalue weighted by Crippen LogP contribution is -2.39. The lowest BCUT2D eigenvalue weighted by molar-refractivity contribution is -0.119. The first kappa shape index (κ1) is 23.2. The van der Waals surface area contributed by atoms with E-state index in [1.807, 2.05) is 55.6 Å². The summed E-state index contributed by atoms with van der Waals surface area (Å²) >= 11 is 0. The first-order valence-corrected chi connectivity index (χ1v) is 7.96. The summed E-state index contributed by atoms with van der Waals surface area (Å²) in [4.78, 5) is 18.4. The summed E-state index contributed by atoms with van der Waals surface area (Å²) < 4.78 is 0. The average molecular weight is 385 g/mol. The monoisotopic (exact) mass is 384 g/mol. The summed E-state index contributed by atoms with van der Waals surface area (Å²) in [5.74, 6) is 0.0237. The number of halogens is 2. The molecule has 0 aliphatic carbocycles. The summed E-state index contributed by atoms with van der Waals surface area (Å²) in [6.45, 7) is 5.36. The Hall–Kier alpha value is -1.82. The summed E-state index contributed by atoms with van der Waals surface area (Å²) in [7, 11) is 0. The van der Waals surface area contributed by atoms with Gasteiger partial charge >= 0.3 is 0 Å². The summed E-state index contributed by atoms with van der Waals surface area (Å²) in [5, 5.41) is 6.14. The minimum atomic E-state index is 0. The van der Waals surface area contributed by atoms with Crippen molar-refractivity contribution in [2.75, 3.05) is 31.1 Å². The molecule has 0 spiro atoms. The van der Waals surface area contributed by atoms with Gasteiger partial charge in [-0.25, -0.2) is 0 Å². The standard InChI is InChI=1S/C18H24N4O.2ClH/c1-2-19-11-12-21-18(23)15-22(17-8-4-3-5-9-17)14-16-7-6-10-20-13-16;;/h3-10,13,19H,2,11-12,14-15H2,1H3,(H,21,23);2*1H. The Balaban J connectivity index is 0.00000288. The van der Waals surface area contributed by atoms with Crippen LogP contribution in [-0.2, 0) is 11.3 Å². The molecule has 138 valence electrons. The topological polar surface area (TPSA) is 57.3 Å². The van der Waals surface area contributed by atoms with Crippen LogP contribution in [-0.4, -0.2) is 37.1 Å². The first-order valence-electron chi connectivity index (χ1n) is 7.96. The minimum absolute atomic E-state index is 0. The van der Waals surface area contributed by atoms with Gasteiger partial charge in [0.15, 0.2) is 0 Å². The zero-order valence-electron chi connectivity index (χ0n) is 14.4. The van der Waals surface area contributed by atoms with Crippen molar-refractivity contribution in [3.05, 3.63) is 60.4 Å². The first-order chi connectivity index (χ1) is 11.3. The number of nitrogens with zero attached hydrogens (tertiary/aromatic N) is 2. The molecule has 5 nitrogen and oxygen atoms in total. The predicted octanol–water partition coefficient (Wildman–Crippen LogP) is 2.66. The Morgan fingerprint density at radius 3 is 2.48 bits per heavy atom. The van der Waals surface area contributed by atoms with Gasteiger partial charge in [-0.05, 0) is 30.3 Å². The number of amides is 1. The molecule has 1 aromatic carbocycles. The van der Waals surface area contributed by atoms with Gasteiger partial charge in [-0.2, -0.15) is 0 Å². The second-order valence-corrected chi connectivity index (χ2v) is 5.26. The van der Waals surface area contributed by atoms with Crippen molar-refractivity contribution in [3.8, 4) is 0 Å². The van der Waals surface area contributed by atoms with Gasteiger partial charge in [0, 0.05) is 37.7 Å². The number of pyridine rings is 1. The summed E-state index contributed by atoms with van der Waals surface area (Å²) in [6, 6.07) is 13.9. The van der Waals surface area contributed by atoms with E-state index in [-0.39, 0.29) is 30.7 Å². The molecule has 0 aliphatic rings. The number of nitrogens with one attached hydrogen (secondary N) is 2. The third kappa shape index (κ3) is 8.72. The van der Waals surface area contributed by atoms with Crippen LogP contribution >= 0.6 is 24.8 Å². The molecule has 0 saturated carbocycles. The molecule has 1 amide bonds. The van der Waals surface area contributed by atoms with Gasteiger partial charge < -0.3 is 15.5 Å². The third-order valence-electron chi connectivity index (χ3n) is 3.43. The number of benzene rings is 1. The van der Waals surface area contributed by atoms with Crippen molar-refractivity contribution < 1.29 is 4.79 Å². The zero-order chi connectivity index (χ0) is 16.3.